The van der Waals surface area contributed by atoms with Gasteiger partial charge in [0.2, 0.25) is 0 Å². The first-order chi connectivity index (χ1) is 10.1. The van der Waals surface area contributed by atoms with Crippen LogP contribution in [-0.2, 0) is 18.3 Å². The second-order valence-corrected chi connectivity index (χ2v) is 5.89. The Labute approximate surface area is 129 Å². The molecule has 1 aromatic heterocycles. The van der Waals surface area contributed by atoms with Gasteiger partial charge in [0.05, 0.1) is 19.3 Å². The van der Waals surface area contributed by atoms with Gasteiger partial charge in [-0.1, -0.05) is 23.7 Å². The van der Waals surface area contributed by atoms with Crippen molar-refractivity contribution in [1.29, 1.82) is 0 Å². The minimum atomic E-state index is 0.0492. The van der Waals surface area contributed by atoms with Gasteiger partial charge >= 0.3 is 0 Å². The molecule has 0 radical (unpaired) electrons. The number of nitrogens with zero attached hydrogens (tertiary/aromatic N) is 4. The van der Waals surface area contributed by atoms with E-state index in [1.54, 1.807) is 6.33 Å². The molecule has 0 N–H and O–H groups in total. The highest BCUT2D eigenvalue weighted by Crippen LogP contribution is 2.27. The summed E-state index contributed by atoms with van der Waals surface area (Å²) in [7, 11) is 1.92. The Morgan fingerprint density at radius 1 is 1.43 bits per heavy atom. The summed E-state index contributed by atoms with van der Waals surface area (Å²) in [5.74, 6) is 0.966. The van der Waals surface area contributed by atoms with Crippen LogP contribution in [0.1, 0.15) is 24.4 Å². The fraction of sp³-hybridized carbons (Fsp3) is 0.467. The maximum atomic E-state index is 6.07. The van der Waals surface area contributed by atoms with Crippen molar-refractivity contribution >= 4 is 11.6 Å². The second-order valence-electron chi connectivity index (χ2n) is 5.46. The molecule has 0 saturated carbocycles. The molecule has 0 amide bonds. The van der Waals surface area contributed by atoms with E-state index in [0.717, 1.165) is 29.5 Å². The van der Waals surface area contributed by atoms with E-state index in [0.29, 0.717) is 12.6 Å². The minimum absolute atomic E-state index is 0.0492. The molecule has 6 heteroatoms. The monoisotopic (exact) mass is 306 g/mol. The van der Waals surface area contributed by atoms with Crippen molar-refractivity contribution in [3.8, 4) is 0 Å². The Balaban J connectivity index is 1.74. The van der Waals surface area contributed by atoms with Gasteiger partial charge in [-0.2, -0.15) is 5.10 Å². The zero-order valence-electron chi connectivity index (χ0n) is 12.2. The van der Waals surface area contributed by atoms with Gasteiger partial charge in [0.15, 0.2) is 0 Å². The fourth-order valence-electron chi connectivity index (χ4n) is 2.58. The lowest BCUT2D eigenvalue weighted by molar-refractivity contribution is -0.0643. The van der Waals surface area contributed by atoms with E-state index in [9.17, 15) is 0 Å². The van der Waals surface area contributed by atoms with Crippen molar-refractivity contribution in [2.45, 2.75) is 25.6 Å². The van der Waals surface area contributed by atoms with E-state index >= 15 is 0 Å². The van der Waals surface area contributed by atoms with Crippen LogP contribution in [0.5, 0.6) is 0 Å². The highest BCUT2D eigenvalue weighted by Gasteiger charge is 2.28. The highest BCUT2D eigenvalue weighted by atomic mass is 35.5. The largest absolute Gasteiger partial charge is 0.371 e. The van der Waals surface area contributed by atoms with Crippen molar-refractivity contribution in [2.75, 3.05) is 13.2 Å². The predicted octanol–water partition coefficient (Wildman–Crippen LogP) is 2.43. The van der Waals surface area contributed by atoms with Crippen molar-refractivity contribution in [2.24, 2.45) is 7.05 Å². The lowest BCUT2D eigenvalue weighted by Gasteiger charge is -2.37. The van der Waals surface area contributed by atoms with Crippen LogP contribution in [-0.4, -0.2) is 38.9 Å². The molecule has 112 valence electrons. The van der Waals surface area contributed by atoms with Crippen molar-refractivity contribution in [3.05, 3.63) is 47.0 Å². The molecule has 5 nitrogen and oxygen atoms in total. The maximum absolute atomic E-state index is 6.07. The van der Waals surface area contributed by atoms with Crippen molar-refractivity contribution in [1.82, 2.24) is 19.7 Å². The van der Waals surface area contributed by atoms with E-state index in [1.807, 2.05) is 29.9 Å². The van der Waals surface area contributed by atoms with E-state index in [2.05, 4.69) is 28.0 Å². The first kappa shape index (κ1) is 14.5. The molecule has 0 unspecified atom stereocenters. The fourth-order valence-corrected chi connectivity index (χ4v) is 2.78. The van der Waals surface area contributed by atoms with Gasteiger partial charge < -0.3 is 4.74 Å². The molecule has 2 aromatic rings. The molecule has 1 aliphatic heterocycles. The first-order valence-corrected chi connectivity index (χ1v) is 7.45. The molecular weight excluding hydrogens is 288 g/mol. The molecule has 1 fully saturated rings. The molecule has 0 aliphatic carbocycles. The van der Waals surface area contributed by atoms with Crippen LogP contribution in [0.2, 0.25) is 5.02 Å². The Kier molecular flexibility index (Phi) is 4.24. The molecule has 0 bridgehead atoms. The maximum Gasteiger partial charge on any atom is 0.140 e. The summed E-state index contributed by atoms with van der Waals surface area (Å²) < 4.78 is 7.78. The van der Waals surface area contributed by atoms with Gasteiger partial charge in [-0.3, -0.25) is 9.58 Å². The van der Waals surface area contributed by atoms with Crippen LogP contribution in [0.4, 0.5) is 0 Å². The van der Waals surface area contributed by atoms with Crippen molar-refractivity contribution < 1.29 is 4.74 Å². The molecule has 1 aliphatic rings. The number of aromatic nitrogens is 3. The third kappa shape index (κ3) is 3.26. The smallest absolute Gasteiger partial charge is 0.140 e. The normalized spacial score (nSPS) is 23.4. The van der Waals surface area contributed by atoms with Gasteiger partial charge in [-0.25, -0.2) is 4.98 Å². The summed E-state index contributed by atoms with van der Waals surface area (Å²) in [6.45, 7) is 4.48. The third-order valence-electron chi connectivity index (χ3n) is 3.93. The molecule has 1 aromatic carbocycles. The standard InChI is InChI=1S/C15H19ClN4O/c1-11-9-21-14(12-4-3-5-13(16)6-12)7-20(11)8-15-17-10-18-19(15)2/h3-6,10-11,14H,7-9H2,1-2H3/t11-,14+/m0/s1. The Hall–Kier alpha value is -1.43. The zero-order valence-corrected chi connectivity index (χ0v) is 13.0. The van der Waals surface area contributed by atoms with Crippen LogP contribution in [0.15, 0.2) is 30.6 Å². The summed E-state index contributed by atoms with van der Waals surface area (Å²) in [4.78, 5) is 6.68. The lowest BCUT2D eigenvalue weighted by Crippen LogP contribution is -2.44. The number of aryl methyl sites for hydroxylation is 1. The van der Waals surface area contributed by atoms with Crippen LogP contribution in [0.3, 0.4) is 0 Å². The molecule has 2 heterocycles. The van der Waals surface area contributed by atoms with E-state index < -0.39 is 0 Å². The zero-order chi connectivity index (χ0) is 14.8. The predicted molar refractivity (Wildman–Crippen MR) is 81.0 cm³/mol. The van der Waals surface area contributed by atoms with Crippen LogP contribution in [0, 0.1) is 0 Å². The number of rotatable bonds is 3. The molecular formula is C15H19ClN4O. The molecule has 2 atom stereocenters. The Bertz CT molecular complexity index is 615. The van der Waals surface area contributed by atoms with Gasteiger partial charge in [-0.15, -0.1) is 0 Å². The number of morpholine rings is 1. The topological polar surface area (TPSA) is 43.2 Å². The quantitative estimate of drug-likeness (QED) is 0.873. The van der Waals surface area contributed by atoms with Crippen LogP contribution >= 0.6 is 11.6 Å². The summed E-state index contributed by atoms with van der Waals surface area (Å²) in [5.41, 5.74) is 1.12. The Morgan fingerprint density at radius 3 is 3.00 bits per heavy atom. The Morgan fingerprint density at radius 2 is 2.29 bits per heavy atom. The summed E-state index contributed by atoms with van der Waals surface area (Å²) in [6.07, 6.45) is 1.64. The van der Waals surface area contributed by atoms with Gasteiger partial charge in [0.1, 0.15) is 12.2 Å². The molecule has 21 heavy (non-hydrogen) atoms. The first-order valence-electron chi connectivity index (χ1n) is 7.07. The summed E-state index contributed by atoms with van der Waals surface area (Å²) in [6, 6.07) is 8.24. The summed E-state index contributed by atoms with van der Waals surface area (Å²) in [5, 5.41) is 4.87. The lowest BCUT2D eigenvalue weighted by atomic mass is 10.1. The number of halogens is 1. The van der Waals surface area contributed by atoms with Gasteiger partial charge in [-0.05, 0) is 24.6 Å². The van der Waals surface area contributed by atoms with E-state index in [-0.39, 0.29) is 6.10 Å². The number of hydrogen-bond acceptors (Lipinski definition) is 4. The van der Waals surface area contributed by atoms with Crippen LogP contribution < -0.4 is 0 Å². The number of hydrogen-bond donors (Lipinski definition) is 0. The van der Waals surface area contributed by atoms with Crippen LogP contribution in [0.25, 0.3) is 0 Å². The molecule has 1 saturated heterocycles. The second kappa shape index (κ2) is 6.13. The molecule has 0 spiro atoms. The van der Waals surface area contributed by atoms with E-state index in [1.165, 1.54) is 0 Å². The van der Waals surface area contributed by atoms with E-state index in [4.69, 9.17) is 16.3 Å². The summed E-state index contributed by atoms with van der Waals surface area (Å²) >= 11 is 6.07. The van der Waals surface area contributed by atoms with Gasteiger partial charge in [0.25, 0.3) is 0 Å². The molecule has 3 rings (SSSR count). The average Bonchev–Trinajstić information content (AvgIpc) is 2.87. The van der Waals surface area contributed by atoms with Gasteiger partial charge in [0, 0.05) is 24.7 Å². The number of ether oxygens (including phenoxy) is 1. The minimum Gasteiger partial charge on any atom is -0.371 e. The van der Waals surface area contributed by atoms with Crippen molar-refractivity contribution in [3.63, 3.8) is 0 Å². The number of benzene rings is 1. The SMILES string of the molecule is C[C@H]1CO[C@@H](c2cccc(Cl)c2)CN1Cc1ncnn1C. The highest BCUT2D eigenvalue weighted by molar-refractivity contribution is 6.30. The average molecular weight is 307 g/mol. The third-order valence-corrected chi connectivity index (χ3v) is 4.17.